The van der Waals surface area contributed by atoms with E-state index in [9.17, 15) is 36.3 Å². The molecule has 0 bridgehead atoms. The molecule has 2 aromatic heterocycles. The monoisotopic (exact) mass is 802 g/mol. The van der Waals surface area contributed by atoms with Gasteiger partial charge in [-0.05, 0) is 106 Å². The summed E-state index contributed by atoms with van der Waals surface area (Å²) in [5.74, 6) is -3.20. The van der Waals surface area contributed by atoms with Crippen LogP contribution in [0.4, 0.5) is 22.0 Å². The molecule has 0 radical (unpaired) electrons. The first-order valence-electron chi connectivity index (χ1n) is 19.4. The van der Waals surface area contributed by atoms with Crippen LogP contribution in [-0.4, -0.2) is 57.5 Å². The second-order valence-electron chi connectivity index (χ2n) is 15.9. The Hall–Kier alpha value is -5.27. The Kier molecular flexibility index (Phi) is 12.9. The number of piperidine rings is 1. The van der Waals surface area contributed by atoms with Gasteiger partial charge in [0, 0.05) is 30.5 Å². The second kappa shape index (κ2) is 17.7. The first-order valence-corrected chi connectivity index (χ1v) is 19.4. The van der Waals surface area contributed by atoms with Gasteiger partial charge in [-0.2, -0.15) is 13.2 Å². The van der Waals surface area contributed by atoms with Crippen LogP contribution >= 0.6 is 0 Å². The van der Waals surface area contributed by atoms with E-state index in [2.05, 4.69) is 15.2 Å². The molecule has 1 aliphatic rings. The average Bonchev–Trinajstić information content (AvgIpc) is 3.18. The van der Waals surface area contributed by atoms with Crippen molar-refractivity contribution in [3.05, 3.63) is 135 Å². The minimum absolute atomic E-state index is 0.00173. The van der Waals surface area contributed by atoms with E-state index in [1.165, 1.54) is 41.1 Å². The van der Waals surface area contributed by atoms with Crippen LogP contribution in [0.15, 0.2) is 95.9 Å². The Labute approximate surface area is 334 Å². The highest BCUT2D eigenvalue weighted by Gasteiger charge is 2.36. The van der Waals surface area contributed by atoms with Gasteiger partial charge in [-0.25, -0.2) is 13.8 Å². The highest BCUT2D eigenvalue weighted by molar-refractivity contribution is 5.87. The Balaban J connectivity index is 1.33. The number of carbonyl (C=O) groups excluding carboxylic acids is 2. The van der Waals surface area contributed by atoms with Crippen LogP contribution in [-0.2, 0) is 39.9 Å². The van der Waals surface area contributed by atoms with Crippen LogP contribution < -0.4 is 10.7 Å². The molecular weight excluding hydrogens is 756 g/mol. The van der Waals surface area contributed by atoms with Crippen molar-refractivity contribution < 1.29 is 36.3 Å². The van der Waals surface area contributed by atoms with Gasteiger partial charge in [0.05, 0.1) is 29.5 Å². The molecule has 1 N–H and O–H groups in total. The van der Waals surface area contributed by atoms with E-state index in [4.69, 9.17) is 4.74 Å². The summed E-state index contributed by atoms with van der Waals surface area (Å²) in [6.45, 7) is 8.46. The number of ketones is 1. The number of esters is 1. The van der Waals surface area contributed by atoms with E-state index in [1.807, 2.05) is 27.7 Å². The van der Waals surface area contributed by atoms with E-state index < -0.39 is 40.8 Å². The van der Waals surface area contributed by atoms with Gasteiger partial charge in [-0.1, -0.05) is 61.5 Å². The maximum Gasteiger partial charge on any atom is 0.417 e. The van der Waals surface area contributed by atoms with Crippen molar-refractivity contribution in [3.8, 4) is 11.1 Å². The quantitative estimate of drug-likeness (QED) is 0.0944. The van der Waals surface area contributed by atoms with Gasteiger partial charge in [0.15, 0.2) is 22.8 Å². The van der Waals surface area contributed by atoms with Crippen molar-refractivity contribution in [1.82, 2.24) is 19.8 Å². The normalized spacial score (nSPS) is 15.3. The van der Waals surface area contributed by atoms with E-state index in [-0.39, 0.29) is 70.5 Å². The molecule has 8 nitrogen and oxygen atoms in total. The summed E-state index contributed by atoms with van der Waals surface area (Å²) < 4.78 is 80.2. The fourth-order valence-corrected chi connectivity index (χ4v) is 7.48. The number of hydrogen-bond donors (Lipinski definition) is 1. The van der Waals surface area contributed by atoms with Crippen molar-refractivity contribution in [3.63, 3.8) is 0 Å². The molecule has 2 unspecified atom stereocenters. The standard InChI is InChI=1S/C45H47F5N4O4/c1-28(43(57)58-44(2,3)4)26-53-22-19-32(20-23-53)52-41(31-16-18-34(29-10-6-5-7-11-29)36(24-31)45(48,49)50)39(56)27-54-33(17-15-30-12-8-14-37(46)40(30)47)25-38(55)35-13-9-21-51-42(35)54/h5-14,16,18,21,24-25,28,32,41,52H,15,17,19-20,22-23,26-27H2,1-4H3. The van der Waals surface area contributed by atoms with Crippen LogP contribution in [0.5, 0.6) is 0 Å². The number of ether oxygens (including phenoxy) is 1. The lowest BCUT2D eigenvalue weighted by Gasteiger charge is -2.36. The van der Waals surface area contributed by atoms with Gasteiger partial charge in [-0.3, -0.25) is 14.4 Å². The summed E-state index contributed by atoms with van der Waals surface area (Å²) in [6.07, 6.45) is -2.15. The molecule has 0 aliphatic carbocycles. The number of pyridine rings is 2. The van der Waals surface area contributed by atoms with Crippen molar-refractivity contribution >= 4 is 22.8 Å². The Morgan fingerprint density at radius 3 is 2.33 bits per heavy atom. The lowest BCUT2D eigenvalue weighted by atomic mass is 9.92. The number of aryl methyl sites for hydroxylation is 2. The summed E-state index contributed by atoms with van der Waals surface area (Å²) in [6, 6.07) is 18.9. The third-order valence-corrected chi connectivity index (χ3v) is 10.4. The SMILES string of the molecule is CC(CN1CCC(NC(C(=O)Cn2c(CCc3cccc(F)c3F)cc(=O)c3cccnc32)c2ccc(-c3ccccc3)c(C(F)(F)F)c2)CC1)C(=O)OC(C)(C)C. The number of halogens is 5. The smallest absolute Gasteiger partial charge is 0.417 e. The maximum atomic E-state index is 14.8. The van der Waals surface area contributed by atoms with Crippen LogP contribution in [0.3, 0.4) is 0 Å². The number of carbonyl (C=O) groups is 2. The number of aromatic nitrogens is 2. The fourth-order valence-electron chi connectivity index (χ4n) is 7.48. The van der Waals surface area contributed by atoms with Gasteiger partial charge < -0.3 is 19.5 Å². The number of benzene rings is 3. The fraction of sp³-hybridized carbons (Fsp3) is 0.378. The third kappa shape index (κ3) is 10.2. The van der Waals surface area contributed by atoms with Crippen molar-refractivity contribution in [2.75, 3.05) is 19.6 Å². The number of rotatable bonds is 13. The zero-order chi connectivity index (χ0) is 41.8. The Bertz CT molecular complexity index is 2320. The minimum Gasteiger partial charge on any atom is -0.460 e. The first-order chi connectivity index (χ1) is 27.5. The van der Waals surface area contributed by atoms with Crippen LogP contribution in [0.25, 0.3) is 22.2 Å². The van der Waals surface area contributed by atoms with E-state index in [1.54, 1.807) is 42.5 Å². The molecule has 1 fully saturated rings. The van der Waals surface area contributed by atoms with E-state index >= 15 is 0 Å². The number of fused-ring (bicyclic) bond motifs is 1. The molecule has 6 rings (SSSR count). The first kappa shape index (κ1) is 42.3. The maximum absolute atomic E-state index is 14.8. The molecular formula is C45H47F5N4O4. The number of nitrogens with zero attached hydrogens (tertiary/aromatic N) is 3. The molecule has 0 amide bonds. The minimum atomic E-state index is -4.75. The molecule has 0 spiro atoms. The van der Waals surface area contributed by atoms with Crippen LogP contribution in [0.2, 0.25) is 0 Å². The zero-order valence-electron chi connectivity index (χ0n) is 32.9. The number of alkyl halides is 3. The highest BCUT2D eigenvalue weighted by atomic mass is 19.4. The highest BCUT2D eigenvalue weighted by Crippen LogP contribution is 2.39. The molecule has 3 aromatic carbocycles. The lowest BCUT2D eigenvalue weighted by Crippen LogP contribution is -2.47. The summed E-state index contributed by atoms with van der Waals surface area (Å²) in [7, 11) is 0. The molecule has 2 atom stereocenters. The average molecular weight is 803 g/mol. The second-order valence-corrected chi connectivity index (χ2v) is 15.9. The number of likely N-dealkylation sites (tertiary alicyclic amines) is 1. The molecule has 1 saturated heterocycles. The summed E-state index contributed by atoms with van der Waals surface area (Å²) in [5, 5.41) is 3.61. The van der Waals surface area contributed by atoms with Crippen LogP contribution in [0, 0.1) is 17.6 Å². The van der Waals surface area contributed by atoms with Crippen molar-refractivity contribution in [2.24, 2.45) is 5.92 Å². The zero-order valence-corrected chi connectivity index (χ0v) is 32.9. The molecule has 58 heavy (non-hydrogen) atoms. The molecule has 5 aromatic rings. The topological polar surface area (TPSA) is 93.5 Å². The van der Waals surface area contributed by atoms with E-state index in [0.29, 0.717) is 43.7 Å². The lowest BCUT2D eigenvalue weighted by molar-refractivity contribution is -0.160. The molecule has 306 valence electrons. The van der Waals surface area contributed by atoms with Crippen molar-refractivity contribution in [2.45, 2.75) is 83.8 Å². The number of Topliss-reactive ketones (excluding diaryl/α,β-unsaturated/α-hetero) is 1. The molecule has 1 aliphatic heterocycles. The Morgan fingerprint density at radius 1 is 0.914 bits per heavy atom. The molecule has 3 heterocycles. The van der Waals surface area contributed by atoms with Gasteiger partial charge in [-0.15, -0.1) is 0 Å². The number of nitrogens with one attached hydrogen (secondary N) is 1. The summed E-state index contributed by atoms with van der Waals surface area (Å²) in [5.41, 5.74) is -0.851. The third-order valence-electron chi connectivity index (χ3n) is 10.4. The number of hydrogen-bond acceptors (Lipinski definition) is 7. The van der Waals surface area contributed by atoms with Crippen molar-refractivity contribution in [1.29, 1.82) is 0 Å². The summed E-state index contributed by atoms with van der Waals surface area (Å²) >= 11 is 0. The molecule has 0 saturated carbocycles. The van der Waals surface area contributed by atoms with Gasteiger partial charge in [0.1, 0.15) is 11.2 Å². The van der Waals surface area contributed by atoms with Gasteiger partial charge in [0.2, 0.25) is 0 Å². The largest absolute Gasteiger partial charge is 0.460 e. The summed E-state index contributed by atoms with van der Waals surface area (Å²) in [4.78, 5) is 47.2. The predicted molar refractivity (Wildman–Crippen MR) is 212 cm³/mol. The van der Waals surface area contributed by atoms with Gasteiger partial charge >= 0.3 is 12.1 Å². The van der Waals surface area contributed by atoms with Crippen LogP contribution in [0.1, 0.15) is 69.0 Å². The molecule has 13 heteroatoms. The van der Waals surface area contributed by atoms with E-state index in [0.717, 1.165) is 12.1 Å². The Morgan fingerprint density at radius 2 is 1.64 bits per heavy atom. The van der Waals surface area contributed by atoms with Gasteiger partial charge in [0.25, 0.3) is 0 Å². The predicted octanol–water partition coefficient (Wildman–Crippen LogP) is 8.49.